The Morgan fingerprint density at radius 1 is 1.41 bits per heavy atom. The maximum atomic E-state index is 5.54. The van der Waals surface area contributed by atoms with E-state index in [0.29, 0.717) is 0 Å². The van der Waals surface area contributed by atoms with Gasteiger partial charge < -0.3 is 9.73 Å². The number of rotatable bonds is 6. The van der Waals surface area contributed by atoms with Crippen LogP contribution < -0.4 is 5.32 Å². The minimum atomic E-state index is 0.778. The van der Waals surface area contributed by atoms with Gasteiger partial charge in [0.25, 0.3) is 0 Å². The second-order valence-corrected chi connectivity index (χ2v) is 4.85. The van der Waals surface area contributed by atoms with Crippen molar-refractivity contribution in [2.45, 2.75) is 33.2 Å². The molecule has 0 radical (unpaired) electrons. The second-order valence-electron chi connectivity index (χ2n) is 3.93. The summed E-state index contributed by atoms with van der Waals surface area (Å²) in [6, 6.07) is 2.16. The van der Waals surface area contributed by atoms with E-state index in [2.05, 4.69) is 35.6 Å². The summed E-state index contributed by atoms with van der Waals surface area (Å²) in [6.45, 7) is 6.11. The second kappa shape index (κ2) is 5.98. The van der Waals surface area contributed by atoms with Crippen LogP contribution in [0.5, 0.6) is 0 Å². The molecular weight excluding hydrogens is 232 g/mol. The first-order valence-corrected chi connectivity index (χ1v) is 6.94. The lowest BCUT2D eigenvalue weighted by molar-refractivity contribution is 0.570. The molecule has 4 heteroatoms. The molecule has 0 aliphatic heterocycles. The minimum Gasteiger partial charge on any atom is -0.442 e. The Hall–Kier alpha value is -1.13. The van der Waals surface area contributed by atoms with Crippen molar-refractivity contribution in [3.05, 3.63) is 29.1 Å². The first kappa shape index (κ1) is 12.3. The van der Waals surface area contributed by atoms with Gasteiger partial charge in [-0.15, -0.1) is 11.3 Å². The summed E-state index contributed by atoms with van der Waals surface area (Å²) in [6.07, 6.45) is 3.70. The van der Waals surface area contributed by atoms with Crippen LogP contribution in [-0.4, -0.2) is 11.5 Å². The molecular formula is C13H18N2OS. The minimum absolute atomic E-state index is 0.778. The van der Waals surface area contributed by atoms with Crippen LogP contribution in [0.15, 0.2) is 22.3 Å². The smallest absolute Gasteiger partial charge is 0.181 e. The molecule has 0 aliphatic carbocycles. The van der Waals surface area contributed by atoms with Gasteiger partial charge >= 0.3 is 0 Å². The topological polar surface area (TPSA) is 38.1 Å². The van der Waals surface area contributed by atoms with Gasteiger partial charge in [-0.25, -0.2) is 4.98 Å². The highest BCUT2D eigenvalue weighted by atomic mass is 32.1. The summed E-state index contributed by atoms with van der Waals surface area (Å²) in [4.78, 5) is 5.52. The number of hydrogen-bond acceptors (Lipinski definition) is 4. The molecule has 0 aromatic carbocycles. The molecule has 2 heterocycles. The van der Waals surface area contributed by atoms with Gasteiger partial charge in [0, 0.05) is 6.54 Å². The van der Waals surface area contributed by atoms with Crippen molar-refractivity contribution in [3.63, 3.8) is 0 Å². The highest BCUT2D eigenvalue weighted by Crippen LogP contribution is 2.32. The Morgan fingerprint density at radius 3 is 3.06 bits per heavy atom. The largest absolute Gasteiger partial charge is 0.442 e. The van der Waals surface area contributed by atoms with Crippen LogP contribution in [0, 0.1) is 0 Å². The van der Waals surface area contributed by atoms with Crippen molar-refractivity contribution < 1.29 is 4.42 Å². The highest BCUT2D eigenvalue weighted by molar-refractivity contribution is 7.13. The molecule has 0 unspecified atom stereocenters. The number of aryl methyl sites for hydroxylation is 1. The van der Waals surface area contributed by atoms with Gasteiger partial charge in [-0.2, -0.15) is 0 Å². The van der Waals surface area contributed by atoms with E-state index < -0.39 is 0 Å². The van der Waals surface area contributed by atoms with E-state index in [1.54, 1.807) is 11.3 Å². The van der Waals surface area contributed by atoms with Crippen LogP contribution in [-0.2, 0) is 13.0 Å². The first-order valence-electron chi connectivity index (χ1n) is 6.06. The van der Waals surface area contributed by atoms with Crippen LogP contribution in [0.2, 0.25) is 0 Å². The van der Waals surface area contributed by atoms with Gasteiger partial charge in [0.15, 0.2) is 12.2 Å². The highest BCUT2D eigenvalue weighted by Gasteiger charge is 2.14. The predicted octanol–water partition coefficient (Wildman–Crippen LogP) is 3.47. The van der Waals surface area contributed by atoms with E-state index in [1.165, 1.54) is 16.8 Å². The summed E-state index contributed by atoms with van der Waals surface area (Å²) < 4.78 is 5.54. The maximum Gasteiger partial charge on any atom is 0.181 e. The number of aromatic nitrogens is 1. The van der Waals surface area contributed by atoms with Crippen molar-refractivity contribution in [1.82, 2.24) is 10.3 Å². The third-order valence-corrected chi connectivity index (χ3v) is 3.65. The first-order chi connectivity index (χ1) is 8.36. The number of nitrogens with one attached hydrogen (secondary N) is 1. The fourth-order valence-corrected chi connectivity index (χ4v) is 2.78. The molecule has 0 saturated heterocycles. The van der Waals surface area contributed by atoms with Crippen LogP contribution in [0.4, 0.5) is 0 Å². The zero-order chi connectivity index (χ0) is 12.1. The third kappa shape index (κ3) is 2.76. The summed E-state index contributed by atoms with van der Waals surface area (Å²) in [7, 11) is 0. The van der Waals surface area contributed by atoms with Gasteiger partial charge in [-0.3, -0.25) is 0 Å². The fraction of sp³-hybridized carbons (Fsp3) is 0.462. The monoisotopic (exact) mass is 250 g/mol. The summed E-state index contributed by atoms with van der Waals surface area (Å²) in [5, 5.41) is 5.47. The summed E-state index contributed by atoms with van der Waals surface area (Å²) in [5.74, 6) is 0.931. The van der Waals surface area contributed by atoms with Crippen molar-refractivity contribution in [2.75, 3.05) is 6.54 Å². The number of nitrogens with zero attached hydrogens (tertiary/aromatic N) is 1. The normalized spacial score (nSPS) is 10.9. The van der Waals surface area contributed by atoms with E-state index in [9.17, 15) is 0 Å². The van der Waals surface area contributed by atoms with Gasteiger partial charge in [-0.1, -0.05) is 13.8 Å². The molecule has 0 amide bonds. The number of hydrogen-bond donors (Lipinski definition) is 1. The Balaban J connectivity index is 2.18. The lowest BCUT2D eigenvalue weighted by Crippen LogP contribution is -2.14. The Bertz CT molecular complexity index is 461. The Kier molecular flexibility index (Phi) is 4.34. The molecule has 2 aromatic heterocycles. The van der Waals surface area contributed by atoms with Crippen LogP contribution in [0.25, 0.3) is 10.6 Å². The molecule has 92 valence electrons. The van der Waals surface area contributed by atoms with Crippen LogP contribution in [0.3, 0.4) is 0 Å². The van der Waals surface area contributed by atoms with Gasteiger partial charge in [0.2, 0.25) is 0 Å². The summed E-state index contributed by atoms with van der Waals surface area (Å²) in [5.41, 5.74) is 2.35. The fourth-order valence-electron chi connectivity index (χ4n) is 1.78. The van der Waals surface area contributed by atoms with Gasteiger partial charge in [-0.05, 0) is 36.4 Å². The molecule has 17 heavy (non-hydrogen) atoms. The van der Waals surface area contributed by atoms with Crippen molar-refractivity contribution >= 4 is 11.3 Å². The van der Waals surface area contributed by atoms with Gasteiger partial charge in [0.1, 0.15) is 5.69 Å². The van der Waals surface area contributed by atoms with E-state index in [1.807, 2.05) is 0 Å². The third-order valence-electron chi connectivity index (χ3n) is 2.69. The number of thiophene rings is 1. The van der Waals surface area contributed by atoms with E-state index in [0.717, 1.165) is 37.4 Å². The van der Waals surface area contributed by atoms with Crippen LogP contribution in [0.1, 0.15) is 31.5 Å². The molecule has 2 aromatic rings. The molecule has 2 rings (SSSR count). The quantitative estimate of drug-likeness (QED) is 0.798. The molecule has 0 atom stereocenters. The summed E-state index contributed by atoms with van der Waals surface area (Å²) >= 11 is 1.72. The van der Waals surface area contributed by atoms with Crippen LogP contribution >= 0.6 is 11.3 Å². The van der Waals surface area contributed by atoms with Crippen molar-refractivity contribution in [2.24, 2.45) is 0 Å². The van der Waals surface area contributed by atoms with Gasteiger partial charge in [0.05, 0.1) is 4.88 Å². The molecule has 0 aliphatic rings. The van der Waals surface area contributed by atoms with E-state index >= 15 is 0 Å². The van der Waals surface area contributed by atoms with Crippen molar-refractivity contribution in [3.8, 4) is 10.6 Å². The lowest BCUT2D eigenvalue weighted by Gasteiger charge is -2.03. The lowest BCUT2D eigenvalue weighted by atomic mass is 10.1. The molecule has 0 spiro atoms. The zero-order valence-corrected chi connectivity index (χ0v) is 11.1. The average molecular weight is 250 g/mol. The predicted molar refractivity (Wildman–Crippen MR) is 71.2 cm³/mol. The standard InChI is InChI=1S/C13H18N2OS/c1-3-6-14-8-11-12(16-9-15-11)13-10(4-2)5-7-17-13/h5,7,9,14H,3-4,6,8H2,1-2H3. The van der Waals surface area contributed by atoms with E-state index in [-0.39, 0.29) is 0 Å². The number of oxazole rings is 1. The maximum absolute atomic E-state index is 5.54. The molecule has 0 bridgehead atoms. The van der Waals surface area contributed by atoms with E-state index in [4.69, 9.17) is 4.42 Å². The molecule has 1 N–H and O–H groups in total. The molecule has 0 saturated carbocycles. The Labute approximate surface area is 106 Å². The van der Waals surface area contributed by atoms with Crippen molar-refractivity contribution in [1.29, 1.82) is 0 Å². The zero-order valence-electron chi connectivity index (χ0n) is 10.3. The molecule has 0 fully saturated rings. The SMILES string of the molecule is CCCNCc1ncoc1-c1sccc1CC. The average Bonchev–Trinajstić information content (AvgIpc) is 2.96. The molecule has 3 nitrogen and oxygen atoms in total. The Morgan fingerprint density at radius 2 is 2.29 bits per heavy atom.